The van der Waals surface area contributed by atoms with Crippen molar-refractivity contribution >= 4 is 26.0 Å². The van der Waals surface area contributed by atoms with E-state index in [-0.39, 0.29) is 23.3 Å². The summed E-state index contributed by atoms with van der Waals surface area (Å²) in [7, 11) is -2.26. The molecule has 118 valence electrons. The third-order valence-corrected chi connectivity index (χ3v) is 4.92. The largest absolute Gasteiger partial charge is 0.495 e. The highest BCUT2D eigenvalue weighted by molar-refractivity contribution is 9.10. The minimum Gasteiger partial charge on any atom is -0.495 e. The fourth-order valence-electron chi connectivity index (χ4n) is 2.00. The first-order valence-electron chi connectivity index (χ1n) is 6.38. The van der Waals surface area contributed by atoms with Crippen LogP contribution in [0.2, 0.25) is 0 Å². The maximum Gasteiger partial charge on any atom is 0.244 e. The van der Waals surface area contributed by atoms with E-state index in [4.69, 9.17) is 14.2 Å². The van der Waals surface area contributed by atoms with Gasteiger partial charge in [0.15, 0.2) is 5.79 Å². The fourth-order valence-corrected chi connectivity index (χ4v) is 3.78. The van der Waals surface area contributed by atoms with Crippen LogP contribution in [0, 0.1) is 0 Å². The second-order valence-electron chi connectivity index (χ2n) is 5.10. The highest BCUT2D eigenvalue weighted by Gasteiger charge is 2.33. The van der Waals surface area contributed by atoms with E-state index < -0.39 is 15.8 Å². The normalized spacial score (nSPS) is 21.4. The molecule has 6 nitrogen and oxygen atoms in total. The number of halogens is 1. The number of rotatable bonds is 5. The molecule has 8 heteroatoms. The molecule has 1 aromatic rings. The SMILES string of the molecule is COc1ccc(Br)cc1S(=O)(=O)NCC1COC(C)(C)O1. The molecule has 1 aromatic carbocycles. The van der Waals surface area contributed by atoms with Gasteiger partial charge < -0.3 is 14.2 Å². The van der Waals surface area contributed by atoms with Gasteiger partial charge in [0, 0.05) is 11.0 Å². The fraction of sp³-hybridized carbons (Fsp3) is 0.538. The number of sulfonamides is 1. The molecule has 21 heavy (non-hydrogen) atoms. The standard InChI is InChI=1S/C13H18BrNO5S/c1-13(2)19-8-10(20-13)7-15-21(16,17)12-6-9(14)4-5-11(12)18-3/h4-6,10,15H,7-8H2,1-3H3. The van der Waals surface area contributed by atoms with E-state index in [1.54, 1.807) is 26.0 Å². The molecule has 1 unspecified atom stereocenters. The van der Waals surface area contributed by atoms with Crippen molar-refractivity contribution in [3.05, 3.63) is 22.7 Å². The van der Waals surface area contributed by atoms with Crippen molar-refractivity contribution in [1.82, 2.24) is 4.72 Å². The molecule has 0 radical (unpaired) electrons. The number of hydrogen-bond donors (Lipinski definition) is 1. The van der Waals surface area contributed by atoms with Crippen molar-refractivity contribution in [2.45, 2.75) is 30.6 Å². The van der Waals surface area contributed by atoms with Gasteiger partial charge in [-0.2, -0.15) is 0 Å². The van der Waals surface area contributed by atoms with Crippen molar-refractivity contribution in [3.63, 3.8) is 0 Å². The predicted octanol–water partition coefficient (Wildman–Crippen LogP) is 1.89. The van der Waals surface area contributed by atoms with E-state index >= 15 is 0 Å². The van der Waals surface area contributed by atoms with Crippen LogP contribution < -0.4 is 9.46 Å². The lowest BCUT2D eigenvalue weighted by atomic mass is 10.3. The second kappa shape index (κ2) is 6.21. The lowest BCUT2D eigenvalue weighted by Gasteiger charge is -2.17. The average molecular weight is 380 g/mol. The highest BCUT2D eigenvalue weighted by atomic mass is 79.9. The second-order valence-corrected chi connectivity index (χ2v) is 7.75. The number of ether oxygens (including phenoxy) is 3. The molecule has 0 aliphatic carbocycles. The van der Waals surface area contributed by atoms with Crippen LogP contribution in [-0.2, 0) is 19.5 Å². The molecule has 1 aliphatic heterocycles. The molecular weight excluding hydrogens is 362 g/mol. The summed E-state index contributed by atoms with van der Waals surface area (Å²) in [6.45, 7) is 4.07. The van der Waals surface area contributed by atoms with Gasteiger partial charge in [-0.25, -0.2) is 13.1 Å². The van der Waals surface area contributed by atoms with Crippen LogP contribution in [0.15, 0.2) is 27.6 Å². The smallest absolute Gasteiger partial charge is 0.244 e. The summed E-state index contributed by atoms with van der Waals surface area (Å²) in [6, 6.07) is 4.81. The number of nitrogens with one attached hydrogen (secondary N) is 1. The van der Waals surface area contributed by atoms with Gasteiger partial charge >= 0.3 is 0 Å². The summed E-state index contributed by atoms with van der Waals surface area (Å²) in [5.74, 6) is -0.390. The molecule has 1 N–H and O–H groups in total. The third kappa shape index (κ3) is 4.17. The average Bonchev–Trinajstić information content (AvgIpc) is 2.76. The topological polar surface area (TPSA) is 73.9 Å². The molecule has 1 atom stereocenters. The Morgan fingerprint density at radius 3 is 2.76 bits per heavy atom. The number of methoxy groups -OCH3 is 1. The Morgan fingerprint density at radius 2 is 2.19 bits per heavy atom. The Hall–Kier alpha value is -0.670. The van der Waals surface area contributed by atoms with Gasteiger partial charge in [0.2, 0.25) is 10.0 Å². The lowest BCUT2D eigenvalue weighted by Crippen LogP contribution is -2.34. The van der Waals surface area contributed by atoms with Crippen LogP contribution in [0.1, 0.15) is 13.8 Å². The first-order valence-corrected chi connectivity index (χ1v) is 8.66. The van der Waals surface area contributed by atoms with Gasteiger partial charge in [-0.05, 0) is 32.0 Å². The number of hydrogen-bond acceptors (Lipinski definition) is 5. The van der Waals surface area contributed by atoms with Crippen molar-refractivity contribution in [2.75, 3.05) is 20.3 Å². The van der Waals surface area contributed by atoms with E-state index in [9.17, 15) is 8.42 Å². The van der Waals surface area contributed by atoms with Crippen LogP contribution >= 0.6 is 15.9 Å². The van der Waals surface area contributed by atoms with E-state index in [2.05, 4.69) is 20.7 Å². The van der Waals surface area contributed by atoms with Gasteiger partial charge in [0.25, 0.3) is 0 Å². The zero-order valence-corrected chi connectivity index (χ0v) is 14.5. The van der Waals surface area contributed by atoms with Gasteiger partial charge in [-0.15, -0.1) is 0 Å². The molecule has 1 saturated heterocycles. The van der Waals surface area contributed by atoms with Crippen LogP contribution in [0.4, 0.5) is 0 Å². The first kappa shape index (κ1) is 16.7. The van der Waals surface area contributed by atoms with Crippen LogP contribution in [0.3, 0.4) is 0 Å². The molecule has 1 fully saturated rings. The molecule has 1 aliphatic rings. The lowest BCUT2D eigenvalue weighted by molar-refractivity contribution is -0.137. The molecule has 2 rings (SSSR count). The van der Waals surface area contributed by atoms with Gasteiger partial charge in [-0.1, -0.05) is 15.9 Å². The van der Waals surface area contributed by atoms with E-state index in [0.717, 1.165) is 0 Å². The maximum atomic E-state index is 12.4. The Bertz CT molecular complexity index is 617. The molecule has 0 spiro atoms. The van der Waals surface area contributed by atoms with Gasteiger partial charge in [-0.3, -0.25) is 0 Å². The monoisotopic (exact) mass is 379 g/mol. The van der Waals surface area contributed by atoms with E-state index in [1.807, 2.05) is 0 Å². The summed E-state index contributed by atoms with van der Waals surface area (Å²) < 4.78 is 44.0. The van der Waals surface area contributed by atoms with Crippen molar-refractivity contribution in [2.24, 2.45) is 0 Å². The Morgan fingerprint density at radius 1 is 1.48 bits per heavy atom. The summed E-state index contributed by atoms with van der Waals surface area (Å²) in [6.07, 6.45) is -0.312. The predicted molar refractivity (Wildman–Crippen MR) is 80.8 cm³/mol. The third-order valence-electron chi connectivity index (χ3n) is 2.98. The molecule has 0 aromatic heterocycles. The summed E-state index contributed by atoms with van der Waals surface area (Å²) >= 11 is 3.26. The Balaban J connectivity index is 2.11. The van der Waals surface area contributed by atoms with Crippen LogP contribution in [-0.4, -0.2) is 40.6 Å². The molecule has 0 amide bonds. The zero-order chi connectivity index (χ0) is 15.7. The maximum absolute atomic E-state index is 12.4. The minimum absolute atomic E-state index is 0.0811. The van der Waals surface area contributed by atoms with Gasteiger partial charge in [0.1, 0.15) is 10.6 Å². The van der Waals surface area contributed by atoms with Gasteiger partial charge in [0.05, 0.1) is 19.8 Å². The van der Waals surface area contributed by atoms with Crippen LogP contribution in [0.25, 0.3) is 0 Å². The van der Waals surface area contributed by atoms with E-state index in [1.165, 1.54) is 13.2 Å². The minimum atomic E-state index is -3.69. The quantitative estimate of drug-likeness (QED) is 0.845. The molecule has 0 saturated carbocycles. The Labute approximate surface area is 132 Å². The summed E-state index contributed by atoms with van der Waals surface area (Å²) in [4.78, 5) is 0.0811. The van der Waals surface area contributed by atoms with E-state index in [0.29, 0.717) is 11.1 Å². The molecule has 1 heterocycles. The zero-order valence-electron chi connectivity index (χ0n) is 12.1. The Kier molecular flexibility index (Phi) is 4.94. The van der Waals surface area contributed by atoms with Crippen molar-refractivity contribution in [3.8, 4) is 5.75 Å². The first-order chi connectivity index (χ1) is 9.73. The molecular formula is C13H18BrNO5S. The summed E-state index contributed by atoms with van der Waals surface area (Å²) in [5, 5.41) is 0. The summed E-state index contributed by atoms with van der Waals surface area (Å²) in [5.41, 5.74) is 0. The van der Waals surface area contributed by atoms with Crippen molar-refractivity contribution < 1.29 is 22.6 Å². The number of benzene rings is 1. The van der Waals surface area contributed by atoms with Crippen molar-refractivity contribution in [1.29, 1.82) is 0 Å². The highest BCUT2D eigenvalue weighted by Crippen LogP contribution is 2.27. The van der Waals surface area contributed by atoms with Crippen LogP contribution in [0.5, 0.6) is 5.75 Å². The molecule has 0 bridgehead atoms.